The molecule has 18 heteroatoms. The number of hydrogen-bond donors (Lipinski definition) is 4. The highest BCUT2D eigenvalue weighted by Crippen LogP contribution is 2.43. The number of fused-ring (bicyclic) bond motifs is 5. The first kappa shape index (κ1) is 61.5. The van der Waals surface area contributed by atoms with E-state index in [-0.39, 0.29) is 54.3 Å². The van der Waals surface area contributed by atoms with Crippen LogP contribution in [0.15, 0.2) is 70.7 Å². The molecule has 4 N–H and O–H groups in total. The van der Waals surface area contributed by atoms with E-state index in [0.717, 1.165) is 16.2 Å². The van der Waals surface area contributed by atoms with Crippen molar-refractivity contribution in [2.24, 2.45) is 41.4 Å². The third-order valence-electron chi connectivity index (χ3n) is 16.4. The summed E-state index contributed by atoms with van der Waals surface area (Å²) in [7, 11) is 4.91. The number of nitrogens with zero attached hydrogens (tertiary/aromatic N) is 2. The predicted octanol–water partition coefficient (Wildman–Crippen LogP) is 8.09. The summed E-state index contributed by atoms with van der Waals surface area (Å²) < 4.78 is 24.0. The van der Waals surface area contributed by atoms with E-state index >= 15 is 0 Å². The van der Waals surface area contributed by atoms with Crippen LogP contribution < -0.4 is 10.4 Å². The quantitative estimate of drug-likeness (QED) is 0.0839. The smallest absolute Gasteiger partial charge is 0.311 e. The number of ketones is 3. The van der Waals surface area contributed by atoms with Crippen LogP contribution in [0.1, 0.15) is 119 Å². The number of Topliss-reactive ketones (excluding diaryl/α,β-unsaturated/α-hetero) is 3. The molecule has 422 valence electrons. The zero-order valence-corrected chi connectivity index (χ0v) is 47.7. The lowest BCUT2D eigenvalue weighted by atomic mass is 9.78. The number of esters is 1. The molecule has 1 aromatic carbocycles. The van der Waals surface area contributed by atoms with E-state index in [1.807, 2.05) is 88.2 Å². The molecule has 2 saturated heterocycles. The fourth-order valence-corrected chi connectivity index (χ4v) is 12.8. The zero-order chi connectivity index (χ0) is 55.6. The summed E-state index contributed by atoms with van der Waals surface area (Å²) >= 11 is 7.82. The average Bonchev–Trinajstić information content (AvgIpc) is 3.70. The average molecular weight is 1100 g/mol. The van der Waals surface area contributed by atoms with Gasteiger partial charge in [-0.05, 0) is 119 Å². The molecule has 3 fully saturated rings. The summed E-state index contributed by atoms with van der Waals surface area (Å²) in [6.07, 6.45) is 10.1. The molecule has 6 rings (SSSR count). The highest BCUT2D eigenvalue weighted by Gasteiger charge is 2.52. The van der Waals surface area contributed by atoms with Crippen LogP contribution in [-0.4, -0.2) is 138 Å². The number of rotatable bonds is 8. The molecule has 16 nitrogen and oxygen atoms in total. The minimum absolute atomic E-state index is 0.00375. The van der Waals surface area contributed by atoms with Crippen LogP contribution in [0.4, 0.5) is 5.69 Å². The highest BCUT2D eigenvalue weighted by molar-refractivity contribution is 8.00. The number of piperidine rings is 1. The number of carbonyl (C=O) groups excluding carboxylic acids is 5. The Morgan fingerprint density at radius 2 is 1.68 bits per heavy atom. The summed E-state index contributed by atoms with van der Waals surface area (Å²) in [6.45, 7) is 12.8. The molecule has 0 radical (unpaired) electrons. The first-order valence-electron chi connectivity index (χ1n) is 27.3. The van der Waals surface area contributed by atoms with E-state index < -0.39 is 89.8 Å². The van der Waals surface area contributed by atoms with Crippen molar-refractivity contribution in [1.29, 1.82) is 0 Å². The van der Waals surface area contributed by atoms with Crippen LogP contribution in [0.25, 0.3) is 0 Å². The molecule has 1 unspecified atom stereocenters. The lowest BCUT2D eigenvalue weighted by Gasteiger charge is -2.42. The molecule has 0 spiro atoms. The van der Waals surface area contributed by atoms with Crippen LogP contribution >= 0.6 is 23.4 Å². The maximum atomic E-state index is 14.4. The Morgan fingerprint density at radius 3 is 2.41 bits per heavy atom. The Labute approximate surface area is 459 Å². The SMILES string of the molecule is CO[C@H]1C[C@@H]2CC[C@@H](C)[C@@](O)(O2)C(=O)C(=O)N2CCC[C@H](C2)C(=O)O[C@H]([C@H](C)C[C@@H]2CC[C@@H](O)[C@H](ONC3Sc4cc(Cl)ccc4N3C)C2)CC(=O)[C@H](C)/C=C(\C)[C@@H](O)[C@@H](OC)C(=O)[C@H](C)C[C@H](C)/C=C/C=C/C=C/1C. The first-order valence-corrected chi connectivity index (χ1v) is 28.5. The Hall–Kier alpha value is -3.75. The van der Waals surface area contributed by atoms with Gasteiger partial charge in [0.1, 0.15) is 30.2 Å². The van der Waals surface area contributed by atoms with E-state index in [9.17, 15) is 39.3 Å². The van der Waals surface area contributed by atoms with Gasteiger partial charge in [-0.15, -0.1) is 0 Å². The van der Waals surface area contributed by atoms with Gasteiger partial charge in [-0.2, -0.15) is 5.48 Å². The predicted molar refractivity (Wildman–Crippen MR) is 292 cm³/mol. The van der Waals surface area contributed by atoms with Gasteiger partial charge in [-0.25, -0.2) is 0 Å². The second kappa shape index (κ2) is 27.9. The molecular weight excluding hydrogens is 1010 g/mol. The molecule has 1 amide bonds. The van der Waals surface area contributed by atoms with Crippen molar-refractivity contribution in [3.8, 4) is 0 Å². The number of aliphatic hydroxyl groups excluding tert-OH is 2. The third-order valence-corrected chi connectivity index (χ3v) is 17.8. The number of nitrogens with one attached hydrogen (secondary N) is 1. The summed E-state index contributed by atoms with van der Waals surface area (Å²) in [5, 5.41) is 35.2. The van der Waals surface area contributed by atoms with Crippen molar-refractivity contribution in [1.82, 2.24) is 10.4 Å². The molecule has 4 aliphatic heterocycles. The van der Waals surface area contributed by atoms with Crippen LogP contribution in [0.5, 0.6) is 0 Å². The molecule has 4 bridgehead atoms. The van der Waals surface area contributed by atoms with Crippen molar-refractivity contribution < 1.29 is 63.1 Å². The fourth-order valence-electron chi connectivity index (χ4n) is 11.4. The molecule has 1 aromatic rings. The number of carbonyl (C=O) groups is 5. The highest BCUT2D eigenvalue weighted by atomic mass is 35.5. The number of hydroxylamine groups is 1. The number of methoxy groups -OCH3 is 2. The molecule has 16 atom stereocenters. The number of thioether (sulfide) groups is 1. The lowest BCUT2D eigenvalue weighted by molar-refractivity contribution is -0.265. The molecule has 76 heavy (non-hydrogen) atoms. The maximum absolute atomic E-state index is 14.4. The second-order valence-electron chi connectivity index (χ2n) is 22.4. The number of ether oxygens (including phenoxy) is 4. The number of amides is 1. The fraction of sp³-hybridized carbons (Fsp3) is 0.672. The largest absolute Gasteiger partial charge is 0.461 e. The number of hydrogen-bond acceptors (Lipinski definition) is 16. The molecular formula is C58H84ClN3O13S. The zero-order valence-electron chi connectivity index (χ0n) is 46.2. The number of allylic oxidation sites excluding steroid dienone is 6. The minimum atomic E-state index is -2.39. The Balaban J connectivity index is 1.23. The van der Waals surface area contributed by atoms with Gasteiger partial charge in [0.25, 0.3) is 11.7 Å². The summed E-state index contributed by atoms with van der Waals surface area (Å²) in [4.78, 5) is 81.3. The Kier molecular flexibility index (Phi) is 22.6. The van der Waals surface area contributed by atoms with E-state index in [2.05, 4.69) is 5.48 Å². The molecule has 1 saturated carbocycles. The van der Waals surface area contributed by atoms with Gasteiger partial charge in [0.15, 0.2) is 11.3 Å². The number of aliphatic hydroxyl groups is 3. The normalized spacial score (nSPS) is 38.0. The van der Waals surface area contributed by atoms with Crippen LogP contribution in [0, 0.1) is 41.4 Å². The molecule has 5 aliphatic rings. The topological polar surface area (TPSA) is 211 Å². The summed E-state index contributed by atoms with van der Waals surface area (Å²) in [6, 6.07) is 5.69. The van der Waals surface area contributed by atoms with Crippen molar-refractivity contribution in [3.05, 3.63) is 70.8 Å². The van der Waals surface area contributed by atoms with E-state index in [0.29, 0.717) is 74.8 Å². The van der Waals surface area contributed by atoms with Crippen LogP contribution in [-0.2, 0) is 47.8 Å². The Morgan fingerprint density at radius 1 is 0.934 bits per heavy atom. The van der Waals surface area contributed by atoms with Gasteiger partial charge in [0, 0.05) is 74.9 Å². The van der Waals surface area contributed by atoms with Gasteiger partial charge < -0.3 is 44.1 Å². The molecule has 0 aromatic heterocycles. The van der Waals surface area contributed by atoms with Gasteiger partial charge >= 0.3 is 5.97 Å². The van der Waals surface area contributed by atoms with Crippen molar-refractivity contribution in [2.45, 2.75) is 178 Å². The van der Waals surface area contributed by atoms with Crippen LogP contribution in [0.2, 0.25) is 5.02 Å². The van der Waals surface area contributed by atoms with Crippen molar-refractivity contribution in [3.63, 3.8) is 0 Å². The number of cyclic esters (lactones) is 1. The number of anilines is 1. The lowest BCUT2D eigenvalue weighted by Crippen LogP contribution is -2.59. The summed E-state index contributed by atoms with van der Waals surface area (Å²) in [5.74, 6) is -8.58. The van der Waals surface area contributed by atoms with Crippen molar-refractivity contribution >= 4 is 58.3 Å². The van der Waals surface area contributed by atoms with E-state index in [4.69, 9.17) is 35.4 Å². The van der Waals surface area contributed by atoms with Gasteiger partial charge in [0.05, 0.1) is 29.9 Å². The van der Waals surface area contributed by atoms with Gasteiger partial charge in [0.2, 0.25) is 5.79 Å². The Bertz CT molecular complexity index is 2330. The molecule has 4 heterocycles. The maximum Gasteiger partial charge on any atom is 0.311 e. The third kappa shape index (κ3) is 15.5. The van der Waals surface area contributed by atoms with Crippen LogP contribution in [0.3, 0.4) is 0 Å². The monoisotopic (exact) mass is 1100 g/mol. The minimum Gasteiger partial charge on any atom is -0.461 e. The standard InChI is InChI=1S/C58H84ClN3O13S/c1-33-15-12-11-13-16-34(2)47(71-9)30-43-21-18-39(7)58(70,74-43)54(67)55(68)62-24-14-17-41(32-62)56(69)73-48(31-46(64)35(3)26-38(6)52(66)53(72-10)51(65)37(5)25-33)36(4)27-40-19-23-45(63)49(28-40)75-60-57-61(8)44-22-20-42(59)29-50(44)76-57/h11-13,15-16,20,22,26,29,33,35-37,39-41,43,45,47-49,52-53,57,60,63,66,70H,14,17-19,21,23-25,27-28,30-32H2,1-10H3/b13-11+,15-12+,34-16+,38-26+/t33-,35-,36-,37-,39-,40+,41-,43+,45-,47+,48+,49-,52-,53+,57?,58-/m1/s1. The number of benzene rings is 1. The molecule has 1 aliphatic carbocycles. The van der Waals surface area contributed by atoms with Gasteiger partial charge in [-0.3, -0.25) is 28.8 Å². The first-order chi connectivity index (χ1) is 36.0. The van der Waals surface area contributed by atoms with E-state index in [1.165, 1.54) is 12.0 Å². The number of halogens is 1. The van der Waals surface area contributed by atoms with Gasteiger partial charge in [-0.1, -0.05) is 94.4 Å². The second-order valence-corrected chi connectivity index (χ2v) is 23.9. The summed E-state index contributed by atoms with van der Waals surface area (Å²) in [5.41, 5.74) is 5.17. The van der Waals surface area contributed by atoms with E-state index in [1.54, 1.807) is 45.7 Å². The van der Waals surface area contributed by atoms with Crippen molar-refractivity contribution in [2.75, 3.05) is 39.3 Å².